The van der Waals surface area contributed by atoms with Crippen molar-refractivity contribution < 1.29 is 4.39 Å². The molecule has 1 aliphatic carbocycles. The summed E-state index contributed by atoms with van der Waals surface area (Å²) in [7, 11) is 0. The fraction of sp³-hybridized carbons (Fsp3) is 0.333. The lowest BCUT2D eigenvalue weighted by Gasteiger charge is -2.12. The molecule has 1 aromatic heterocycles. The molecule has 3 rings (SSSR count). The standard InChI is InChI=1S/C15H13Cl2FN2/c16-13-12(10-7-3-4-8-11(10)18)14(17)20-15(19-13)9-5-1-2-6-9/h3-4,7-9H,1-2,5-6H2. The van der Waals surface area contributed by atoms with Crippen LogP contribution in [0.25, 0.3) is 11.1 Å². The summed E-state index contributed by atoms with van der Waals surface area (Å²) in [6.45, 7) is 0. The van der Waals surface area contributed by atoms with E-state index in [1.807, 2.05) is 0 Å². The summed E-state index contributed by atoms with van der Waals surface area (Å²) >= 11 is 12.4. The van der Waals surface area contributed by atoms with Crippen LogP contribution in [0.5, 0.6) is 0 Å². The predicted molar refractivity (Wildman–Crippen MR) is 78.7 cm³/mol. The van der Waals surface area contributed by atoms with Crippen LogP contribution in [0.2, 0.25) is 10.3 Å². The van der Waals surface area contributed by atoms with Gasteiger partial charge in [-0.15, -0.1) is 0 Å². The minimum absolute atomic E-state index is 0.219. The first-order valence-corrected chi connectivity index (χ1v) is 7.40. The highest BCUT2D eigenvalue weighted by Crippen LogP contribution is 2.38. The van der Waals surface area contributed by atoms with Gasteiger partial charge in [-0.25, -0.2) is 14.4 Å². The third-order valence-electron chi connectivity index (χ3n) is 3.70. The minimum Gasteiger partial charge on any atom is -0.220 e. The van der Waals surface area contributed by atoms with Crippen LogP contribution < -0.4 is 0 Å². The molecule has 2 aromatic rings. The Bertz CT molecular complexity index is 617. The van der Waals surface area contributed by atoms with Gasteiger partial charge in [-0.05, 0) is 18.9 Å². The first-order valence-electron chi connectivity index (χ1n) is 6.64. The van der Waals surface area contributed by atoms with Gasteiger partial charge in [0.2, 0.25) is 0 Å². The Morgan fingerprint density at radius 1 is 1.00 bits per heavy atom. The molecule has 20 heavy (non-hydrogen) atoms. The van der Waals surface area contributed by atoms with Gasteiger partial charge in [-0.1, -0.05) is 54.2 Å². The van der Waals surface area contributed by atoms with Crippen molar-refractivity contribution in [3.8, 4) is 11.1 Å². The molecule has 104 valence electrons. The molecule has 1 saturated carbocycles. The Morgan fingerprint density at radius 2 is 1.60 bits per heavy atom. The maximum atomic E-state index is 13.9. The van der Waals surface area contributed by atoms with E-state index in [0.717, 1.165) is 12.8 Å². The van der Waals surface area contributed by atoms with Crippen molar-refractivity contribution >= 4 is 23.2 Å². The minimum atomic E-state index is -0.381. The molecule has 0 aliphatic heterocycles. The zero-order valence-corrected chi connectivity index (χ0v) is 12.3. The molecule has 0 amide bonds. The van der Waals surface area contributed by atoms with Crippen molar-refractivity contribution in [2.24, 2.45) is 0 Å². The molecule has 0 N–H and O–H groups in total. The summed E-state index contributed by atoms with van der Waals surface area (Å²) in [4.78, 5) is 8.67. The zero-order chi connectivity index (χ0) is 14.1. The molecule has 1 fully saturated rings. The summed E-state index contributed by atoms with van der Waals surface area (Å²) in [6, 6.07) is 6.35. The third-order valence-corrected chi connectivity index (χ3v) is 4.25. The van der Waals surface area contributed by atoms with Crippen LogP contribution in [0.4, 0.5) is 4.39 Å². The average Bonchev–Trinajstić information content (AvgIpc) is 2.94. The smallest absolute Gasteiger partial charge is 0.142 e. The van der Waals surface area contributed by atoms with Crippen LogP contribution in [0.1, 0.15) is 37.4 Å². The van der Waals surface area contributed by atoms with Gasteiger partial charge in [0.15, 0.2) is 0 Å². The van der Waals surface area contributed by atoms with Crippen molar-refractivity contribution in [1.29, 1.82) is 0 Å². The van der Waals surface area contributed by atoms with E-state index in [4.69, 9.17) is 23.2 Å². The molecule has 0 radical (unpaired) electrons. The van der Waals surface area contributed by atoms with Gasteiger partial charge < -0.3 is 0 Å². The Labute approximate surface area is 127 Å². The fourth-order valence-electron chi connectivity index (χ4n) is 2.68. The van der Waals surface area contributed by atoms with E-state index >= 15 is 0 Å². The average molecular weight is 311 g/mol. The van der Waals surface area contributed by atoms with Crippen LogP contribution >= 0.6 is 23.2 Å². The summed E-state index contributed by atoms with van der Waals surface area (Å²) < 4.78 is 13.9. The van der Waals surface area contributed by atoms with Crippen molar-refractivity contribution in [2.75, 3.05) is 0 Å². The number of hydrogen-bond acceptors (Lipinski definition) is 2. The number of aromatic nitrogens is 2. The van der Waals surface area contributed by atoms with Gasteiger partial charge in [-0.2, -0.15) is 0 Å². The second kappa shape index (κ2) is 5.66. The maximum Gasteiger partial charge on any atom is 0.142 e. The van der Waals surface area contributed by atoms with Crippen molar-refractivity contribution in [1.82, 2.24) is 9.97 Å². The normalized spacial score (nSPS) is 15.8. The van der Waals surface area contributed by atoms with Crippen molar-refractivity contribution in [3.05, 3.63) is 46.2 Å². The van der Waals surface area contributed by atoms with Crippen LogP contribution in [0, 0.1) is 5.82 Å². The van der Waals surface area contributed by atoms with Crippen molar-refractivity contribution in [2.45, 2.75) is 31.6 Å². The third kappa shape index (κ3) is 2.52. The lowest BCUT2D eigenvalue weighted by Crippen LogP contribution is -2.03. The van der Waals surface area contributed by atoms with Gasteiger partial charge >= 0.3 is 0 Å². The molecular weight excluding hydrogens is 298 g/mol. The lowest BCUT2D eigenvalue weighted by molar-refractivity contribution is 0.630. The molecular formula is C15H13Cl2FN2. The molecule has 0 saturated heterocycles. The van der Waals surface area contributed by atoms with E-state index in [2.05, 4.69) is 9.97 Å². The topological polar surface area (TPSA) is 25.8 Å². The Hall–Kier alpha value is -1.19. The van der Waals surface area contributed by atoms with E-state index < -0.39 is 0 Å². The molecule has 0 spiro atoms. The molecule has 2 nitrogen and oxygen atoms in total. The first-order chi connectivity index (χ1) is 9.66. The monoisotopic (exact) mass is 310 g/mol. The molecule has 1 aromatic carbocycles. The van der Waals surface area contributed by atoms with E-state index in [1.165, 1.54) is 18.9 Å². The van der Waals surface area contributed by atoms with Gasteiger partial charge in [0.05, 0.1) is 5.56 Å². The van der Waals surface area contributed by atoms with Gasteiger partial charge in [0.1, 0.15) is 21.9 Å². The first kappa shape index (κ1) is 13.8. The molecule has 1 aliphatic rings. The van der Waals surface area contributed by atoms with E-state index in [-0.39, 0.29) is 16.1 Å². The quantitative estimate of drug-likeness (QED) is 0.708. The van der Waals surface area contributed by atoms with E-state index in [0.29, 0.717) is 22.9 Å². The molecule has 5 heteroatoms. The number of nitrogens with zero attached hydrogens (tertiary/aromatic N) is 2. The Balaban J connectivity index is 2.07. The number of hydrogen-bond donors (Lipinski definition) is 0. The summed E-state index contributed by atoms with van der Waals surface area (Å²) in [5, 5.41) is 0.439. The molecule has 1 heterocycles. The highest BCUT2D eigenvalue weighted by Gasteiger charge is 2.23. The lowest BCUT2D eigenvalue weighted by atomic mass is 10.1. The summed E-state index contributed by atoms with van der Waals surface area (Å²) in [5.74, 6) is 0.616. The fourth-order valence-corrected chi connectivity index (χ4v) is 3.28. The Kier molecular flexibility index (Phi) is 3.90. The summed E-state index contributed by atoms with van der Waals surface area (Å²) in [6.07, 6.45) is 4.48. The van der Waals surface area contributed by atoms with E-state index in [1.54, 1.807) is 18.2 Å². The van der Waals surface area contributed by atoms with Gasteiger partial charge in [-0.3, -0.25) is 0 Å². The van der Waals surface area contributed by atoms with Gasteiger partial charge in [0.25, 0.3) is 0 Å². The van der Waals surface area contributed by atoms with Gasteiger partial charge in [0, 0.05) is 11.5 Å². The predicted octanol–water partition coefficient (Wildman–Crippen LogP) is 5.25. The molecule has 0 bridgehead atoms. The zero-order valence-electron chi connectivity index (χ0n) is 10.7. The second-order valence-electron chi connectivity index (χ2n) is 5.00. The van der Waals surface area contributed by atoms with Crippen molar-refractivity contribution in [3.63, 3.8) is 0 Å². The number of benzene rings is 1. The maximum absolute atomic E-state index is 13.9. The highest BCUT2D eigenvalue weighted by atomic mass is 35.5. The van der Waals surface area contributed by atoms with Crippen LogP contribution in [0.3, 0.4) is 0 Å². The van der Waals surface area contributed by atoms with Crippen LogP contribution in [0.15, 0.2) is 24.3 Å². The van der Waals surface area contributed by atoms with E-state index in [9.17, 15) is 4.39 Å². The molecule has 0 atom stereocenters. The van der Waals surface area contributed by atoms with Crippen LogP contribution in [-0.4, -0.2) is 9.97 Å². The second-order valence-corrected chi connectivity index (χ2v) is 5.72. The Morgan fingerprint density at radius 3 is 2.20 bits per heavy atom. The SMILES string of the molecule is Fc1ccccc1-c1c(Cl)nc(C2CCCC2)nc1Cl. The van der Waals surface area contributed by atoms with Crippen LogP contribution in [-0.2, 0) is 0 Å². The largest absolute Gasteiger partial charge is 0.220 e. The molecule has 0 unspecified atom stereocenters. The number of rotatable bonds is 2. The number of halogens is 3. The highest BCUT2D eigenvalue weighted by molar-refractivity contribution is 6.37. The summed E-state index contributed by atoms with van der Waals surface area (Å²) in [5.41, 5.74) is 0.702.